The Morgan fingerprint density at radius 2 is 2.04 bits per heavy atom. The number of pyridine rings is 2. The molecule has 4 rings (SSSR count). The average molecular weight is 390 g/mol. The molecule has 3 aromatic heterocycles. The number of rotatable bonds is 4. The topological polar surface area (TPSA) is 83.7 Å². The monoisotopic (exact) mass is 390 g/mol. The zero-order valence-corrected chi connectivity index (χ0v) is 15.4. The maximum absolute atomic E-state index is 13.6. The molecule has 2 atom stereocenters. The fourth-order valence-corrected chi connectivity index (χ4v) is 3.83. The highest BCUT2D eigenvalue weighted by Crippen LogP contribution is 2.39. The molecule has 0 bridgehead atoms. The van der Waals surface area contributed by atoms with Crippen LogP contribution in [0.1, 0.15) is 25.3 Å². The molecule has 1 saturated heterocycles. The number of halogens is 3. The lowest BCUT2D eigenvalue weighted by Gasteiger charge is -2.20. The molecular weight excluding hydrogens is 369 g/mol. The fourth-order valence-electron chi connectivity index (χ4n) is 3.83. The van der Waals surface area contributed by atoms with Gasteiger partial charge in [-0.2, -0.15) is 18.3 Å². The highest BCUT2D eigenvalue weighted by Gasteiger charge is 2.37. The van der Waals surface area contributed by atoms with E-state index in [0.29, 0.717) is 35.9 Å². The van der Waals surface area contributed by atoms with Crippen molar-refractivity contribution >= 4 is 16.9 Å². The first-order chi connectivity index (χ1) is 13.4. The molecular formula is C19H21F3N6. The van der Waals surface area contributed by atoms with Gasteiger partial charge in [0, 0.05) is 30.7 Å². The molecule has 148 valence electrons. The van der Waals surface area contributed by atoms with E-state index in [0.717, 1.165) is 18.9 Å². The molecule has 0 aliphatic carbocycles. The Morgan fingerprint density at radius 1 is 1.21 bits per heavy atom. The molecule has 0 radical (unpaired) electrons. The van der Waals surface area contributed by atoms with Gasteiger partial charge < -0.3 is 10.6 Å². The summed E-state index contributed by atoms with van der Waals surface area (Å²) in [6, 6.07) is 5.82. The van der Waals surface area contributed by atoms with Crippen LogP contribution in [0.2, 0.25) is 0 Å². The molecule has 0 spiro atoms. The number of H-pyrrole nitrogens is 1. The van der Waals surface area contributed by atoms with Gasteiger partial charge >= 0.3 is 6.18 Å². The SMILES string of the molecule is CCC[C@@H]1CN(c2ccc(C(F)(F)F)c(-c3n[nH]c4ncccc34)n2)C[C@@H]1N. The summed E-state index contributed by atoms with van der Waals surface area (Å²) in [5, 5.41) is 7.26. The van der Waals surface area contributed by atoms with Crippen LogP contribution in [-0.4, -0.2) is 39.3 Å². The van der Waals surface area contributed by atoms with Gasteiger partial charge in [0.15, 0.2) is 5.65 Å². The Balaban J connectivity index is 1.79. The van der Waals surface area contributed by atoms with Gasteiger partial charge in [0.05, 0.1) is 5.56 Å². The van der Waals surface area contributed by atoms with Crippen LogP contribution in [0, 0.1) is 5.92 Å². The molecule has 1 fully saturated rings. The number of nitrogens with one attached hydrogen (secondary N) is 1. The Kier molecular flexibility index (Phi) is 4.70. The smallest absolute Gasteiger partial charge is 0.355 e. The Labute approximate surface area is 160 Å². The molecule has 6 nitrogen and oxygen atoms in total. The van der Waals surface area contributed by atoms with E-state index in [1.165, 1.54) is 6.07 Å². The highest BCUT2D eigenvalue weighted by atomic mass is 19.4. The summed E-state index contributed by atoms with van der Waals surface area (Å²) >= 11 is 0. The summed E-state index contributed by atoms with van der Waals surface area (Å²) in [7, 11) is 0. The minimum atomic E-state index is -4.54. The molecule has 1 aliphatic rings. The van der Waals surface area contributed by atoms with Crippen molar-refractivity contribution in [1.29, 1.82) is 0 Å². The van der Waals surface area contributed by atoms with Crippen molar-refractivity contribution in [3.63, 3.8) is 0 Å². The highest BCUT2D eigenvalue weighted by molar-refractivity contribution is 5.90. The van der Waals surface area contributed by atoms with Crippen LogP contribution in [0.15, 0.2) is 30.5 Å². The molecule has 9 heteroatoms. The summed E-state index contributed by atoms with van der Waals surface area (Å²) in [6.45, 7) is 3.36. The summed E-state index contributed by atoms with van der Waals surface area (Å²) < 4.78 is 40.9. The zero-order valence-electron chi connectivity index (χ0n) is 15.4. The first kappa shape index (κ1) is 18.7. The molecule has 1 aliphatic heterocycles. The maximum atomic E-state index is 13.6. The molecule has 0 amide bonds. The van der Waals surface area contributed by atoms with Gasteiger partial charge in [-0.15, -0.1) is 0 Å². The normalized spacial score (nSPS) is 20.2. The second-order valence-corrected chi connectivity index (χ2v) is 7.15. The van der Waals surface area contributed by atoms with Crippen molar-refractivity contribution in [2.24, 2.45) is 11.7 Å². The van der Waals surface area contributed by atoms with Crippen molar-refractivity contribution < 1.29 is 13.2 Å². The van der Waals surface area contributed by atoms with Gasteiger partial charge in [0.25, 0.3) is 0 Å². The van der Waals surface area contributed by atoms with E-state index in [-0.39, 0.29) is 17.4 Å². The second-order valence-electron chi connectivity index (χ2n) is 7.15. The molecule has 3 aromatic rings. The summed E-state index contributed by atoms with van der Waals surface area (Å²) in [6.07, 6.45) is -0.982. The van der Waals surface area contributed by atoms with E-state index < -0.39 is 11.7 Å². The number of hydrogen-bond donors (Lipinski definition) is 2. The number of alkyl halides is 3. The molecule has 0 saturated carbocycles. The van der Waals surface area contributed by atoms with Gasteiger partial charge in [0.1, 0.15) is 17.2 Å². The van der Waals surface area contributed by atoms with Crippen molar-refractivity contribution in [3.05, 3.63) is 36.0 Å². The van der Waals surface area contributed by atoms with E-state index in [4.69, 9.17) is 5.73 Å². The molecule has 4 heterocycles. The predicted molar refractivity (Wildman–Crippen MR) is 101 cm³/mol. The largest absolute Gasteiger partial charge is 0.418 e. The number of aromatic nitrogens is 4. The predicted octanol–water partition coefficient (Wildman–Crippen LogP) is 3.60. The lowest BCUT2D eigenvalue weighted by molar-refractivity contribution is -0.137. The molecule has 28 heavy (non-hydrogen) atoms. The number of fused-ring (bicyclic) bond motifs is 1. The number of nitrogens with zero attached hydrogens (tertiary/aromatic N) is 4. The summed E-state index contributed by atoms with van der Waals surface area (Å²) in [5.41, 5.74) is 5.77. The van der Waals surface area contributed by atoms with E-state index in [1.807, 2.05) is 4.90 Å². The summed E-state index contributed by atoms with van der Waals surface area (Å²) in [5.74, 6) is 0.796. The van der Waals surface area contributed by atoms with Crippen molar-refractivity contribution in [2.75, 3.05) is 18.0 Å². The first-order valence-electron chi connectivity index (χ1n) is 9.26. The minimum absolute atomic E-state index is 0.0112. The fraction of sp³-hybridized carbons (Fsp3) is 0.421. The maximum Gasteiger partial charge on any atom is 0.418 e. The van der Waals surface area contributed by atoms with E-state index in [9.17, 15) is 13.2 Å². The molecule has 0 unspecified atom stereocenters. The van der Waals surface area contributed by atoms with E-state index in [1.54, 1.807) is 18.3 Å². The van der Waals surface area contributed by atoms with E-state index >= 15 is 0 Å². The molecule has 3 N–H and O–H groups in total. The Hall–Kier alpha value is -2.68. The van der Waals surface area contributed by atoms with Gasteiger partial charge in [-0.05, 0) is 36.6 Å². The van der Waals surface area contributed by atoms with Crippen LogP contribution < -0.4 is 10.6 Å². The van der Waals surface area contributed by atoms with Crippen LogP contribution in [0.4, 0.5) is 19.0 Å². The Morgan fingerprint density at radius 3 is 2.79 bits per heavy atom. The lowest BCUT2D eigenvalue weighted by atomic mass is 9.99. The van der Waals surface area contributed by atoms with Crippen LogP contribution in [0.5, 0.6) is 0 Å². The van der Waals surface area contributed by atoms with E-state index in [2.05, 4.69) is 27.1 Å². The first-order valence-corrected chi connectivity index (χ1v) is 9.26. The molecule has 0 aromatic carbocycles. The second kappa shape index (κ2) is 7.05. The number of nitrogens with two attached hydrogens (primary N) is 1. The quantitative estimate of drug-likeness (QED) is 0.711. The lowest BCUT2D eigenvalue weighted by Crippen LogP contribution is -2.29. The van der Waals surface area contributed by atoms with Gasteiger partial charge in [-0.25, -0.2) is 9.97 Å². The van der Waals surface area contributed by atoms with Crippen LogP contribution in [0.3, 0.4) is 0 Å². The van der Waals surface area contributed by atoms with Crippen LogP contribution in [0.25, 0.3) is 22.4 Å². The number of anilines is 1. The number of aromatic amines is 1. The number of hydrogen-bond acceptors (Lipinski definition) is 5. The van der Waals surface area contributed by atoms with Crippen molar-refractivity contribution in [2.45, 2.75) is 32.0 Å². The third kappa shape index (κ3) is 3.30. The van der Waals surface area contributed by atoms with Crippen LogP contribution in [-0.2, 0) is 6.18 Å². The standard InChI is InChI=1S/C19H21F3N6/c1-2-4-11-9-28(10-14(11)23)15-7-6-13(19(20,21)22)17(25-15)16-12-5-3-8-24-18(12)27-26-16/h3,5-8,11,14H,2,4,9-10,23H2,1H3,(H,24,26,27)/t11-,14+/m1/s1. The zero-order chi connectivity index (χ0) is 19.9. The van der Waals surface area contributed by atoms with Crippen molar-refractivity contribution in [3.8, 4) is 11.4 Å². The van der Waals surface area contributed by atoms with Crippen LogP contribution >= 0.6 is 0 Å². The van der Waals surface area contributed by atoms with Gasteiger partial charge in [0.2, 0.25) is 0 Å². The average Bonchev–Trinajstić information content (AvgIpc) is 3.25. The third-order valence-electron chi connectivity index (χ3n) is 5.22. The summed E-state index contributed by atoms with van der Waals surface area (Å²) in [4.78, 5) is 10.4. The minimum Gasteiger partial charge on any atom is -0.355 e. The van der Waals surface area contributed by atoms with Gasteiger partial charge in [-0.3, -0.25) is 5.10 Å². The van der Waals surface area contributed by atoms with Crippen molar-refractivity contribution in [1.82, 2.24) is 20.2 Å². The van der Waals surface area contributed by atoms with Gasteiger partial charge in [-0.1, -0.05) is 13.3 Å². The Bertz CT molecular complexity index is 983. The third-order valence-corrected chi connectivity index (χ3v) is 5.22.